The van der Waals surface area contributed by atoms with Crippen molar-refractivity contribution in [2.75, 3.05) is 5.32 Å². The number of aromatic nitrogens is 3. The molecule has 0 spiro atoms. The van der Waals surface area contributed by atoms with E-state index in [-0.39, 0.29) is 16.1 Å². The van der Waals surface area contributed by atoms with E-state index < -0.39 is 29.2 Å². The predicted octanol–water partition coefficient (Wildman–Crippen LogP) is 3.66. The Kier molecular flexibility index (Phi) is 4.88. The van der Waals surface area contributed by atoms with Crippen LogP contribution < -0.4 is 10.9 Å². The number of carbonyl (C=O) groups excluding carboxylic acids is 1. The minimum absolute atomic E-state index is 0.0690. The Morgan fingerprint density at radius 3 is 2.63 bits per heavy atom. The number of rotatable bonds is 3. The van der Waals surface area contributed by atoms with Crippen LogP contribution >= 0.6 is 11.6 Å². The van der Waals surface area contributed by atoms with Crippen LogP contribution in [0.1, 0.15) is 18.5 Å². The standard InChI is InChI=1S/C17H12ClF3N4O2/c1-9(25-16(27)11-4-2-3-5-13(11)23-24-25)15(26)22-14-8-10(17(19,20)21)6-7-12(14)18/h2-9H,1H3,(H,22,26)/t9-/m0/s1. The van der Waals surface area contributed by atoms with Crippen LogP contribution in [-0.4, -0.2) is 20.9 Å². The van der Waals surface area contributed by atoms with Crippen molar-refractivity contribution < 1.29 is 18.0 Å². The van der Waals surface area contributed by atoms with E-state index in [1.54, 1.807) is 18.2 Å². The molecule has 2 aromatic carbocycles. The highest BCUT2D eigenvalue weighted by molar-refractivity contribution is 6.33. The van der Waals surface area contributed by atoms with Gasteiger partial charge < -0.3 is 5.32 Å². The van der Waals surface area contributed by atoms with E-state index >= 15 is 0 Å². The quantitative estimate of drug-likeness (QED) is 0.733. The van der Waals surface area contributed by atoms with E-state index in [4.69, 9.17) is 11.6 Å². The summed E-state index contributed by atoms with van der Waals surface area (Å²) in [6.45, 7) is 1.38. The number of anilines is 1. The highest BCUT2D eigenvalue weighted by Gasteiger charge is 2.31. The van der Waals surface area contributed by atoms with Gasteiger partial charge in [0.25, 0.3) is 5.56 Å². The summed E-state index contributed by atoms with van der Waals surface area (Å²) >= 11 is 5.87. The maximum Gasteiger partial charge on any atom is 0.416 e. The van der Waals surface area contributed by atoms with Crippen molar-refractivity contribution in [3.8, 4) is 0 Å². The van der Waals surface area contributed by atoms with Gasteiger partial charge in [0.05, 0.1) is 21.7 Å². The number of carbonyl (C=O) groups is 1. The van der Waals surface area contributed by atoms with E-state index in [0.717, 1.165) is 22.9 Å². The number of nitrogens with one attached hydrogen (secondary N) is 1. The zero-order valence-corrected chi connectivity index (χ0v) is 14.5. The molecule has 0 aliphatic rings. The maximum atomic E-state index is 12.8. The van der Waals surface area contributed by atoms with Crippen LogP contribution in [0.15, 0.2) is 47.3 Å². The molecule has 1 atom stereocenters. The van der Waals surface area contributed by atoms with Gasteiger partial charge in [-0.25, -0.2) is 0 Å². The third kappa shape index (κ3) is 3.77. The lowest BCUT2D eigenvalue weighted by molar-refractivity contribution is -0.137. The Morgan fingerprint density at radius 1 is 1.22 bits per heavy atom. The molecule has 10 heteroatoms. The number of halogens is 4. The highest BCUT2D eigenvalue weighted by Crippen LogP contribution is 2.34. The van der Waals surface area contributed by atoms with Gasteiger partial charge in [-0.15, -0.1) is 5.10 Å². The van der Waals surface area contributed by atoms with Crippen molar-refractivity contribution in [2.45, 2.75) is 19.1 Å². The first kappa shape index (κ1) is 18.8. The molecule has 1 aromatic heterocycles. The van der Waals surface area contributed by atoms with Gasteiger partial charge in [-0.05, 0) is 37.3 Å². The second kappa shape index (κ2) is 6.99. The molecule has 140 valence electrons. The van der Waals surface area contributed by atoms with Gasteiger partial charge in [-0.2, -0.15) is 17.9 Å². The number of hydrogen-bond donors (Lipinski definition) is 1. The van der Waals surface area contributed by atoms with Crippen molar-refractivity contribution in [1.82, 2.24) is 15.0 Å². The molecule has 0 aliphatic heterocycles. The van der Waals surface area contributed by atoms with E-state index in [9.17, 15) is 22.8 Å². The van der Waals surface area contributed by atoms with Gasteiger partial charge in [-0.1, -0.05) is 28.9 Å². The lowest BCUT2D eigenvalue weighted by atomic mass is 10.2. The van der Waals surface area contributed by atoms with Gasteiger partial charge >= 0.3 is 6.18 Å². The summed E-state index contributed by atoms with van der Waals surface area (Å²) in [5.74, 6) is -0.761. The number of nitrogens with zero attached hydrogens (tertiary/aromatic N) is 3. The van der Waals surface area contributed by atoms with Crippen molar-refractivity contribution in [2.24, 2.45) is 0 Å². The molecular weight excluding hydrogens is 385 g/mol. The molecule has 0 unspecified atom stereocenters. The monoisotopic (exact) mass is 396 g/mol. The van der Waals surface area contributed by atoms with Crippen LogP contribution in [0, 0.1) is 0 Å². The lowest BCUT2D eigenvalue weighted by Gasteiger charge is -2.15. The molecule has 0 fully saturated rings. The van der Waals surface area contributed by atoms with Gasteiger partial charge in [0, 0.05) is 0 Å². The van der Waals surface area contributed by atoms with Crippen LogP contribution in [0.4, 0.5) is 18.9 Å². The Bertz CT molecular complexity index is 1080. The first-order valence-corrected chi connectivity index (χ1v) is 8.08. The predicted molar refractivity (Wildman–Crippen MR) is 93.6 cm³/mol. The van der Waals surface area contributed by atoms with Crippen molar-refractivity contribution >= 4 is 34.1 Å². The zero-order valence-electron chi connectivity index (χ0n) is 13.8. The lowest BCUT2D eigenvalue weighted by Crippen LogP contribution is -2.34. The summed E-state index contributed by atoms with van der Waals surface area (Å²) in [7, 11) is 0. The fourth-order valence-corrected chi connectivity index (χ4v) is 2.57. The van der Waals surface area contributed by atoms with Crippen molar-refractivity contribution in [1.29, 1.82) is 0 Å². The third-order valence-electron chi connectivity index (χ3n) is 3.89. The van der Waals surface area contributed by atoms with Crippen LogP contribution in [0.2, 0.25) is 5.02 Å². The van der Waals surface area contributed by atoms with Crippen LogP contribution in [0.3, 0.4) is 0 Å². The van der Waals surface area contributed by atoms with Crippen LogP contribution in [0.25, 0.3) is 10.9 Å². The zero-order chi connectivity index (χ0) is 19.8. The highest BCUT2D eigenvalue weighted by atomic mass is 35.5. The Hall–Kier alpha value is -2.94. The average molecular weight is 397 g/mol. The molecule has 0 saturated heterocycles. The SMILES string of the molecule is C[C@@H](C(=O)Nc1cc(C(F)(F)F)ccc1Cl)n1nnc2ccccc2c1=O. The molecule has 3 aromatic rings. The molecule has 0 aliphatic carbocycles. The van der Waals surface area contributed by atoms with Crippen LogP contribution in [-0.2, 0) is 11.0 Å². The number of hydrogen-bond acceptors (Lipinski definition) is 4. The van der Waals surface area contributed by atoms with E-state index in [0.29, 0.717) is 5.52 Å². The fourth-order valence-electron chi connectivity index (χ4n) is 2.40. The molecule has 27 heavy (non-hydrogen) atoms. The van der Waals surface area contributed by atoms with E-state index in [1.165, 1.54) is 13.0 Å². The third-order valence-corrected chi connectivity index (χ3v) is 4.22. The smallest absolute Gasteiger partial charge is 0.323 e. The summed E-state index contributed by atoms with van der Waals surface area (Å²) in [5.41, 5.74) is -1.35. The Balaban J connectivity index is 1.91. The first-order chi connectivity index (χ1) is 12.7. The largest absolute Gasteiger partial charge is 0.416 e. The second-order valence-electron chi connectivity index (χ2n) is 5.71. The minimum Gasteiger partial charge on any atom is -0.323 e. The number of fused-ring (bicyclic) bond motifs is 1. The topological polar surface area (TPSA) is 76.9 Å². The molecular formula is C17H12ClF3N4O2. The fraction of sp³-hybridized carbons (Fsp3) is 0.176. The first-order valence-electron chi connectivity index (χ1n) is 7.70. The summed E-state index contributed by atoms with van der Waals surface area (Å²) in [6, 6.07) is 7.91. The van der Waals surface area contributed by atoms with Crippen LogP contribution in [0.5, 0.6) is 0 Å². The van der Waals surface area contributed by atoms with Gasteiger partial charge in [0.15, 0.2) is 0 Å². The van der Waals surface area contributed by atoms with Crippen molar-refractivity contribution in [3.63, 3.8) is 0 Å². The molecule has 0 saturated carbocycles. The van der Waals surface area contributed by atoms with E-state index in [1.807, 2.05) is 0 Å². The second-order valence-corrected chi connectivity index (χ2v) is 6.12. The van der Waals surface area contributed by atoms with Crippen molar-refractivity contribution in [3.05, 3.63) is 63.4 Å². The molecule has 0 bridgehead atoms. The minimum atomic E-state index is -4.59. The van der Waals surface area contributed by atoms with E-state index in [2.05, 4.69) is 15.6 Å². The molecule has 6 nitrogen and oxygen atoms in total. The molecule has 1 amide bonds. The van der Waals surface area contributed by atoms with Gasteiger partial charge in [0.1, 0.15) is 11.6 Å². The number of alkyl halides is 3. The summed E-state index contributed by atoms with van der Waals surface area (Å²) in [5, 5.41) is 10.1. The summed E-state index contributed by atoms with van der Waals surface area (Å²) in [4.78, 5) is 24.9. The average Bonchev–Trinajstić information content (AvgIpc) is 2.62. The Morgan fingerprint density at radius 2 is 1.93 bits per heavy atom. The molecule has 1 N–H and O–H groups in total. The van der Waals surface area contributed by atoms with Gasteiger partial charge in [0.2, 0.25) is 5.91 Å². The number of benzene rings is 2. The summed E-state index contributed by atoms with van der Waals surface area (Å²) < 4.78 is 39.4. The normalized spacial score (nSPS) is 12.8. The summed E-state index contributed by atoms with van der Waals surface area (Å²) in [6.07, 6.45) is -4.59. The van der Waals surface area contributed by atoms with Gasteiger partial charge in [-0.3, -0.25) is 9.59 Å². The maximum absolute atomic E-state index is 12.8. The number of amides is 1. The Labute approximate surface area is 155 Å². The molecule has 1 heterocycles. The molecule has 0 radical (unpaired) electrons. The molecule has 3 rings (SSSR count).